The molecule has 0 aromatic carbocycles. The Balaban J connectivity index is 5.78. The van der Waals surface area contributed by atoms with Crippen LogP contribution in [-0.4, -0.2) is 15.2 Å². The van der Waals surface area contributed by atoms with Crippen molar-refractivity contribution in [1.29, 1.82) is 0 Å². The lowest BCUT2D eigenvalue weighted by Gasteiger charge is -2.58. The molecular formula is C12H27BrSi2. The molecular weight excluding hydrogens is 280 g/mol. The molecule has 0 rings (SSSR count). The summed E-state index contributed by atoms with van der Waals surface area (Å²) in [4.78, 5) is 0. The minimum absolute atomic E-state index is 0.436. The molecule has 0 heterocycles. The van der Waals surface area contributed by atoms with Crippen molar-refractivity contribution in [2.45, 2.75) is 77.4 Å². The molecule has 0 aliphatic rings. The molecule has 3 heteroatoms. The highest BCUT2D eigenvalue weighted by atomic mass is 79.9. The Morgan fingerprint density at radius 2 is 0.867 bits per heavy atom. The van der Waals surface area contributed by atoms with Gasteiger partial charge in [0.25, 0.3) is 0 Å². The summed E-state index contributed by atoms with van der Waals surface area (Å²) >= 11 is 3.87. The van der Waals surface area contributed by atoms with Gasteiger partial charge in [-0.15, -0.1) is 15.3 Å². The van der Waals surface area contributed by atoms with Gasteiger partial charge in [0.1, 0.15) is 7.66 Å². The van der Waals surface area contributed by atoms with Gasteiger partial charge in [-0.2, -0.15) is 0 Å². The molecule has 15 heavy (non-hydrogen) atoms. The first kappa shape index (κ1) is 15.9. The molecule has 0 aliphatic carbocycles. The molecule has 0 aromatic heterocycles. The summed E-state index contributed by atoms with van der Waals surface area (Å²) in [5.74, 6) is 0. The minimum atomic E-state index is -1.43. The smallest absolute Gasteiger partial charge is 0.127 e. The van der Waals surface area contributed by atoms with E-state index in [1.807, 2.05) is 0 Å². The van der Waals surface area contributed by atoms with Crippen LogP contribution >= 0.6 is 15.3 Å². The molecule has 0 amide bonds. The van der Waals surface area contributed by atoms with Gasteiger partial charge in [0.05, 0.1) is 7.59 Å². The van der Waals surface area contributed by atoms with Crippen LogP contribution in [0, 0.1) is 0 Å². The molecule has 0 saturated heterocycles. The van der Waals surface area contributed by atoms with Gasteiger partial charge in [-0.25, -0.2) is 0 Å². The molecule has 0 fully saturated rings. The van der Waals surface area contributed by atoms with Crippen molar-refractivity contribution in [2.75, 3.05) is 0 Å². The van der Waals surface area contributed by atoms with Gasteiger partial charge in [0.15, 0.2) is 0 Å². The Kier molecular flexibility index (Phi) is 4.56. The maximum Gasteiger partial charge on any atom is 0.127 e. The average molecular weight is 307 g/mol. The summed E-state index contributed by atoms with van der Waals surface area (Å²) in [5, 5.41) is 1.31. The summed E-state index contributed by atoms with van der Waals surface area (Å²) in [6.45, 7) is 21.9. The highest BCUT2D eigenvalue weighted by Gasteiger charge is 2.58. The van der Waals surface area contributed by atoms with Crippen LogP contribution < -0.4 is 0 Å². The second kappa shape index (κ2) is 4.30. The molecule has 0 unspecified atom stereocenters. The Morgan fingerprint density at radius 1 is 0.667 bits per heavy atom. The summed E-state index contributed by atoms with van der Waals surface area (Å²) in [5.41, 5.74) is 0. The van der Waals surface area contributed by atoms with Gasteiger partial charge in [0, 0.05) is 0 Å². The second-order valence-electron chi connectivity index (χ2n) is 7.59. The SMILES string of the molecule is CC(C)(C)[Si]([Si]Br)(C(C)(C)C)C(C)(C)C. The number of hydrogen-bond donors (Lipinski definition) is 0. The normalized spacial score (nSPS) is 15.6. The van der Waals surface area contributed by atoms with Gasteiger partial charge in [-0.1, -0.05) is 62.3 Å². The van der Waals surface area contributed by atoms with E-state index in [0.29, 0.717) is 15.1 Å². The first-order chi connectivity index (χ1) is 6.31. The largest absolute Gasteiger partial charge is 0.135 e. The summed E-state index contributed by atoms with van der Waals surface area (Å²) < 4.78 is 0. The minimum Gasteiger partial charge on any atom is -0.135 e. The van der Waals surface area contributed by atoms with Crippen molar-refractivity contribution >= 4 is 30.5 Å². The zero-order chi connectivity index (χ0) is 12.7. The van der Waals surface area contributed by atoms with Gasteiger partial charge in [-0.3, -0.25) is 0 Å². The molecule has 0 nitrogen and oxygen atoms in total. The van der Waals surface area contributed by atoms with Gasteiger partial charge in [-0.05, 0) is 15.1 Å². The predicted molar refractivity (Wildman–Crippen MR) is 79.6 cm³/mol. The maximum atomic E-state index is 3.87. The Morgan fingerprint density at radius 3 is 0.867 bits per heavy atom. The van der Waals surface area contributed by atoms with Crippen LogP contribution in [0.5, 0.6) is 0 Å². The third-order valence-electron chi connectivity index (χ3n) is 3.52. The fraction of sp³-hybridized carbons (Fsp3) is 1.00. The zero-order valence-corrected chi connectivity index (χ0v) is 15.5. The van der Waals surface area contributed by atoms with E-state index in [-0.39, 0.29) is 0 Å². The fourth-order valence-electron chi connectivity index (χ4n) is 3.80. The van der Waals surface area contributed by atoms with Crippen molar-refractivity contribution < 1.29 is 0 Å². The topological polar surface area (TPSA) is 0 Å². The van der Waals surface area contributed by atoms with Crippen LogP contribution in [0.1, 0.15) is 62.3 Å². The van der Waals surface area contributed by atoms with Crippen molar-refractivity contribution in [3.05, 3.63) is 0 Å². The highest BCUT2D eigenvalue weighted by Crippen LogP contribution is 2.61. The maximum absolute atomic E-state index is 3.87. The summed E-state index contributed by atoms with van der Waals surface area (Å²) in [6, 6.07) is 0. The molecule has 2 radical (unpaired) electrons. The molecule has 90 valence electrons. The van der Waals surface area contributed by atoms with Crippen LogP contribution in [0.3, 0.4) is 0 Å². The summed E-state index contributed by atoms with van der Waals surface area (Å²) in [7, 11) is -0.505. The molecule has 0 spiro atoms. The molecule has 0 atom stereocenters. The lowest BCUT2D eigenvalue weighted by Crippen LogP contribution is -2.61. The quantitative estimate of drug-likeness (QED) is 0.453. The van der Waals surface area contributed by atoms with Crippen LogP contribution in [0.4, 0.5) is 0 Å². The van der Waals surface area contributed by atoms with E-state index in [4.69, 9.17) is 0 Å². The Bertz CT molecular complexity index is 179. The lowest BCUT2D eigenvalue weighted by molar-refractivity contribution is 0.556. The molecule has 0 N–H and O–H groups in total. The van der Waals surface area contributed by atoms with Crippen molar-refractivity contribution in [3.8, 4) is 0 Å². The van der Waals surface area contributed by atoms with Gasteiger partial charge in [0.2, 0.25) is 0 Å². The molecule has 0 aromatic rings. The van der Waals surface area contributed by atoms with E-state index in [2.05, 4.69) is 77.6 Å². The van der Waals surface area contributed by atoms with E-state index < -0.39 is 7.59 Å². The third-order valence-corrected chi connectivity index (χ3v) is 23.5. The standard InChI is InChI=1S/C12H27BrSi2/c1-10(2,3)15(14-13,11(4,5)6)12(7,8)9/h1-9H3. The van der Waals surface area contributed by atoms with E-state index in [9.17, 15) is 0 Å². The molecule has 0 saturated carbocycles. The highest BCUT2D eigenvalue weighted by molar-refractivity contribution is 9.24. The van der Waals surface area contributed by atoms with Crippen molar-refractivity contribution in [2.24, 2.45) is 0 Å². The van der Waals surface area contributed by atoms with Crippen LogP contribution in [0.15, 0.2) is 0 Å². The Labute approximate surface area is 108 Å². The molecule has 0 aliphatic heterocycles. The summed E-state index contributed by atoms with van der Waals surface area (Å²) in [6.07, 6.45) is 0. The van der Waals surface area contributed by atoms with E-state index in [1.165, 1.54) is 0 Å². The van der Waals surface area contributed by atoms with Crippen LogP contribution in [0.25, 0.3) is 0 Å². The second-order valence-corrected chi connectivity index (χ2v) is 20.2. The number of hydrogen-bond acceptors (Lipinski definition) is 0. The zero-order valence-electron chi connectivity index (χ0n) is 11.9. The third kappa shape index (κ3) is 2.60. The monoisotopic (exact) mass is 306 g/mol. The fourth-order valence-corrected chi connectivity index (χ4v) is 30.0. The van der Waals surface area contributed by atoms with Gasteiger partial charge >= 0.3 is 0 Å². The van der Waals surface area contributed by atoms with Crippen LogP contribution in [0.2, 0.25) is 15.1 Å². The van der Waals surface area contributed by atoms with Crippen LogP contribution in [-0.2, 0) is 0 Å². The Hall–Kier alpha value is 0.914. The van der Waals surface area contributed by atoms with E-state index in [0.717, 1.165) is 7.66 Å². The number of halogens is 1. The first-order valence-electron chi connectivity index (χ1n) is 5.69. The number of rotatable bonds is 1. The lowest BCUT2D eigenvalue weighted by atomic mass is 10.2. The first-order valence-corrected chi connectivity index (χ1v) is 11.9. The van der Waals surface area contributed by atoms with Gasteiger partial charge < -0.3 is 0 Å². The van der Waals surface area contributed by atoms with E-state index >= 15 is 0 Å². The van der Waals surface area contributed by atoms with Crippen molar-refractivity contribution in [1.82, 2.24) is 0 Å². The van der Waals surface area contributed by atoms with Crippen molar-refractivity contribution in [3.63, 3.8) is 0 Å². The molecule has 0 bridgehead atoms. The average Bonchev–Trinajstić information content (AvgIpc) is 1.76. The predicted octanol–water partition coefficient (Wildman–Crippen LogP) is 5.35. The van der Waals surface area contributed by atoms with E-state index in [1.54, 1.807) is 0 Å².